The molecule has 2 heterocycles. The van der Waals surface area contributed by atoms with E-state index in [9.17, 15) is 9.59 Å². The predicted molar refractivity (Wildman–Crippen MR) is 128 cm³/mol. The summed E-state index contributed by atoms with van der Waals surface area (Å²) < 4.78 is 1.78. The van der Waals surface area contributed by atoms with Gasteiger partial charge in [-0.25, -0.2) is 9.97 Å². The lowest BCUT2D eigenvalue weighted by atomic mass is 10.0. The SMILES string of the molecule is CN(C(=O)c1ncnc2ccccc12)C(CCNC(=O)c1cccn1C)Cc1ccccc1. The average Bonchev–Trinajstić information content (AvgIpc) is 3.28. The summed E-state index contributed by atoms with van der Waals surface area (Å²) in [6.45, 7) is 0.448. The molecule has 33 heavy (non-hydrogen) atoms. The molecule has 168 valence electrons. The van der Waals surface area contributed by atoms with E-state index in [1.54, 1.807) is 22.6 Å². The summed E-state index contributed by atoms with van der Waals surface area (Å²) in [7, 11) is 3.64. The molecule has 1 N–H and O–H groups in total. The Labute approximate surface area is 193 Å². The lowest BCUT2D eigenvalue weighted by Crippen LogP contribution is -2.41. The van der Waals surface area contributed by atoms with Gasteiger partial charge in [0.15, 0.2) is 0 Å². The van der Waals surface area contributed by atoms with E-state index in [1.807, 2.05) is 73.9 Å². The third-order valence-corrected chi connectivity index (χ3v) is 5.87. The smallest absolute Gasteiger partial charge is 0.273 e. The Balaban J connectivity index is 1.52. The first-order valence-corrected chi connectivity index (χ1v) is 10.9. The summed E-state index contributed by atoms with van der Waals surface area (Å²) in [4.78, 5) is 36.3. The van der Waals surface area contributed by atoms with Crippen LogP contribution in [-0.2, 0) is 13.5 Å². The van der Waals surface area contributed by atoms with Crippen LogP contribution in [0.15, 0.2) is 79.3 Å². The maximum absolute atomic E-state index is 13.5. The second-order valence-electron chi connectivity index (χ2n) is 8.05. The molecule has 0 saturated heterocycles. The number of carbonyl (C=O) groups excluding carboxylic acids is 2. The average molecular weight is 442 g/mol. The summed E-state index contributed by atoms with van der Waals surface area (Å²) in [5.74, 6) is -0.292. The molecule has 0 bridgehead atoms. The zero-order valence-electron chi connectivity index (χ0n) is 18.8. The molecule has 0 fully saturated rings. The highest BCUT2D eigenvalue weighted by Crippen LogP contribution is 2.19. The molecule has 0 aliphatic heterocycles. The van der Waals surface area contributed by atoms with Crippen molar-refractivity contribution in [3.05, 3.63) is 96.2 Å². The van der Waals surface area contributed by atoms with Gasteiger partial charge in [0, 0.05) is 38.3 Å². The molecule has 0 aliphatic rings. The number of nitrogens with one attached hydrogen (secondary N) is 1. The quantitative estimate of drug-likeness (QED) is 0.454. The Morgan fingerprint density at radius 3 is 2.52 bits per heavy atom. The van der Waals surface area contributed by atoms with E-state index >= 15 is 0 Å². The Morgan fingerprint density at radius 1 is 1.00 bits per heavy atom. The fourth-order valence-electron chi connectivity index (χ4n) is 3.97. The maximum Gasteiger partial charge on any atom is 0.273 e. The number of carbonyl (C=O) groups is 2. The van der Waals surface area contributed by atoms with Crippen LogP contribution in [0, 0.1) is 0 Å². The van der Waals surface area contributed by atoms with E-state index in [-0.39, 0.29) is 17.9 Å². The van der Waals surface area contributed by atoms with Gasteiger partial charge in [0.2, 0.25) is 0 Å². The van der Waals surface area contributed by atoms with Crippen LogP contribution in [-0.4, -0.2) is 50.9 Å². The van der Waals surface area contributed by atoms with Gasteiger partial charge in [0.25, 0.3) is 11.8 Å². The van der Waals surface area contributed by atoms with E-state index in [0.29, 0.717) is 30.8 Å². The maximum atomic E-state index is 13.5. The molecule has 1 unspecified atom stereocenters. The van der Waals surface area contributed by atoms with Gasteiger partial charge in [-0.1, -0.05) is 48.5 Å². The van der Waals surface area contributed by atoms with Crippen LogP contribution in [0.4, 0.5) is 0 Å². The van der Waals surface area contributed by atoms with Crippen molar-refractivity contribution < 1.29 is 9.59 Å². The van der Waals surface area contributed by atoms with Crippen LogP contribution in [0.2, 0.25) is 0 Å². The van der Waals surface area contributed by atoms with Crippen molar-refractivity contribution in [2.75, 3.05) is 13.6 Å². The number of nitrogens with zero attached hydrogens (tertiary/aromatic N) is 4. The highest BCUT2D eigenvalue weighted by atomic mass is 16.2. The zero-order valence-corrected chi connectivity index (χ0v) is 18.8. The van der Waals surface area contributed by atoms with Crippen molar-refractivity contribution in [1.29, 1.82) is 0 Å². The van der Waals surface area contributed by atoms with Gasteiger partial charge >= 0.3 is 0 Å². The molecule has 0 aliphatic carbocycles. The van der Waals surface area contributed by atoms with Gasteiger partial charge < -0.3 is 14.8 Å². The van der Waals surface area contributed by atoms with Gasteiger partial charge in [-0.3, -0.25) is 9.59 Å². The van der Waals surface area contributed by atoms with E-state index in [1.165, 1.54) is 6.33 Å². The molecule has 2 amide bonds. The van der Waals surface area contributed by atoms with Gasteiger partial charge in [-0.15, -0.1) is 0 Å². The lowest BCUT2D eigenvalue weighted by Gasteiger charge is -2.29. The molecule has 4 aromatic rings. The monoisotopic (exact) mass is 441 g/mol. The number of benzene rings is 2. The van der Waals surface area contributed by atoms with Crippen molar-refractivity contribution in [1.82, 2.24) is 24.8 Å². The predicted octanol–water partition coefficient (Wildman–Crippen LogP) is 3.47. The third-order valence-electron chi connectivity index (χ3n) is 5.87. The number of fused-ring (bicyclic) bond motifs is 1. The molecule has 2 aromatic carbocycles. The summed E-state index contributed by atoms with van der Waals surface area (Å²) in [5, 5.41) is 3.71. The highest BCUT2D eigenvalue weighted by molar-refractivity contribution is 6.04. The fraction of sp³-hybridized carbons (Fsp3) is 0.231. The van der Waals surface area contributed by atoms with Crippen LogP contribution in [0.1, 0.15) is 33.0 Å². The Morgan fingerprint density at radius 2 is 1.76 bits per heavy atom. The van der Waals surface area contributed by atoms with Crippen molar-refractivity contribution in [3.63, 3.8) is 0 Å². The first-order valence-electron chi connectivity index (χ1n) is 10.9. The van der Waals surface area contributed by atoms with Gasteiger partial charge in [-0.05, 0) is 36.6 Å². The van der Waals surface area contributed by atoms with E-state index in [0.717, 1.165) is 16.5 Å². The molecular weight excluding hydrogens is 414 g/mol. The summed E-state index contributed by atoms with van der Waals surface area (Å²) in [5.41, 5.74) is 2.85. The molecule has 7 heteroatoms. The first-order chi connectivity index (χ1) is 16.0. The van der Waals surface area contributed by atoms with E-state index in [2.05, 4.69) is 15.3 Å². The van der Waals surface area contributed by atoms with Crippen molar-refractivity contribution in [2.45, 2.75) is 18.9 Å². The van der Waals surface area contributed by atoms with Crippen molar-refractivity contribution in [2.24, 2.45) is 7.05 Å². The largest absolute Gasteiger partial charge is 0.351 e. The molecular formula is C26H27N5O2. The van der Waals surface area contributed by atoms with Crippen LogP contribution in [0.3, 0.4) is 0 Å². The number of aryl methyl sites for hydroxylation is 1. The number of aromatic nitrogens is 3. The number of amides is 2. The lowest BCUT2D eigenvalue weighted by molar-refractivity contribution is 0.0719. The molecule has 7 nitrogen and oxygen atoms in total. The molecule has 0 spiro atoms. The molecule has 1 atom stereocenters. The molecule has 2 aromatic heterocycles. The van der Waals surface area contributed by atoms with Crippen LogP contribution in [0.5, 0.6) is 0 Å². The van der Waals surface area contributed by atoms with Gasteiger partial charge in [-0.2, -0.15) is 0 Å². The van der Waals surface area contributed by atoms with Crippen molar-refractivity contribution in [3.8, 4) is 0 Å². The minimum Gasteiger partial charge on any atom is -0.351 e. The van der Waals surface area contributed by atoms with Crippen LogP contribution < -0.4 is 5.32 Å². The van der Waals surface area contributed by atoms with E-state index < -0.39 is 0 Å². The normalized spacial score (nSPS) is 11.8. The summed E-state index contributed by atoms with van der Waals surface area (Å²) in [6, 6.07) is 21.1. The molecule has 0 saturated carbocycles. The molecule has 0 radical (unpaired) electrons. The van der Waals surface area contributed by atoms with Crippen LogP contribution >= 0.6 is 0 Å². The minimum atomic E-state index is -0.164. The van der Waals surface area contributed by atoms with Crippen LogP contribution in [0.25, 0.3) is 10.9 Å². The first kappa shape index (κ1) is 22.2. The zero-order chi connectivity index (χ0) is 23.2. The summed E-state index contributed by atoms with van der Waals surface area (Å²) >= 11 is 0. The number of para-hydroxylation sites is 1. The standard InChI is InChI=1S/C26H27N5O2/c1-30-16-8-13-23(30)25(32)27-15-14-20(17-19-9-4-3-5-10-19)31(2)26(33)24-21-11-6-7-12-22(21)28-18-29-24/h3-13,16,18,20H,14-15,17H2,1-2H3,(H,27,32). The Bertz CT molecular complexity index is 1250. The topological polar surface area (TPSA) is 80.1 Å². The van der Waals surface area contributed by atoms with Gasteiger partial charge in [0.1, 0.15) is 17.7 Å². The molecule has 4 rings (SSSR count). The summed E-state index contributed by atoms with van der Waals surface area (Å²) in [6.07, 6.45) is 4.55. The number of rotatable bonds is 8. The Kier molecular flexibility index (Phi) is 6.78. The van der Waals surface area contributed by atoms with Gasteiger partial charge in [0.05, 0.1) is 5.52 Å². The Hall–Kier alpha value is -4.00. The second kappa shape index (κ2) is 10.1. The van der Waals surface area contributed by atoms with E-state index in [4.69, 9.17) is 0 Å². The third kappa shape index (κ3) is 5.09. The number of hydrogen-bond acceptors (Lipinski definition) is 4. The second-order valence-corrected chi connectivity index (χ2v) is 8.05. The van der Waals surface area contributed by atoms with Crippen molar-refractivity contribution >= 4 is 22.7 Å². The number of hydrogen-bond donors (Lipinski definition) is 1. The number of likely N-dealkylation sites (N-methyl/N-ethyl adjacent to an activating group) is 1. The fourth-order valence-corrected chi connectivity index (χ4v) is 3.97. The highest BCUT2D eigenvalue weighted by Gasteiger charge is 2.24. The minimum absolute atomic E-state index is 0.123.